The van der Waals surface area contributed by atoms with E-state index in [1.54, 1.807) is 25.1 Å². The van der Waals surface area contributed by atoms with Crippen LogP contribution in [0.25, 0.3) is 0 Å². The van der Waals surface area contributed by atoms with Gasteiger partial charge in [0.15, 0.2) is 0 Å². The van der Waals surface area contributed by atoms with Crippen molar-refractivity contribution in [2.24, 2.45) is 0 Å². The van der Waals surface area contributed by atoms with Crippen molar-refractivity contribution in [1.29, 1.82) is 0 Å². The number of benzene rings is 1. The number of aromatic nitrogens is 2. The largest absolute Gasteiger partial charge is 0.493 e. The highest BCUT2D eigenvalue weighted by Gasteiger charge is 2.15. The number of rotatable bonds is 6. The highest BCUT2D eigenvalue weighted by atomic mass is 16.6. The first-order valence-corrected chi connectivity index (χ1v) is 6.54. The summed E-state index contributed by atoms with van der Waals surface area (Å²) in [6.45, 7) is 4.38. The van der Waals surface area contributed by atoms with Gasteiger partial charge in [0.1, 0.15) is 11.4 Å². The Bertz CT molecular complexity index is 581. The molecule has 0 spiro atoms. The Morgan fingerprint density at radius 2 is 2.15 bits per heavy atom. The number of hydrogen-bond donors (Lipinski definition) is 1. The summed E-state index contributed by atoms with van der Waals surface area (Å²) in [4.78, 5) is 12.2. The molecule has 2 aromatic rings. The lowest BCUT2D eigenvalue weighted by molar-refractivity contribution is 0.102. The Morgan fingerprint density at radius 3 is 2.85 bits per heavy atom. The summed E-state index contributed by atoms with van der Waals surface area (Å²) in [5, 5.41) is 9.89. The van der Waals surface area contributed by atoms with Crippen molar-refractivity contribution < 1.29 is 14.2 Å². The molecule has 0 aliphatic carbocycles. The molecule has 0 aliphatic rings. The molecule has 1 N–H and O–H groups in total. The first-order valence-electron chi connectivity index (χ1n) is 6.54. The molecule has 106 valence electrons. The second kappa shape index (κ2) is 6.70. The monoisotopic (exact) mass is 275 g/mol. The third kappa shape index (κ3) is 3.34. The minimum atomic E-state index is -0.295. The van der Waals surface area contributed by atoms with Gasteiger partial charge in [-0.3, -0.25) is 4.79 Å². The maximum atomic E-state index is 12.2. The third-order valence-corrected chi connectivity index (χ3v) is 2.77. The molecular formula is C14H17N3O3. The SMILES string of the molecule is CCCCOc1ccccc1C(=O)Nc1nonc1C. The molecule has 6 heteroatoms. The van der Waals surface area contributed by atoms with Crippen LogP contribution in [0.3, 0.4) is 0 Å². The van der Waals surface area contributed by atoms with Gasteiger partial charge >= 0.3 is 0 Å². The molecule has 0 aliphatic heterocycles. The number of ether oxygens (including phenoxy) is 1. The molecule has 6 nitrogen and oxygen atoms in total. The molecule has 0 radical (unpaired) electrons. The number of nitrogens with one attached hydrogen (secondary N) is 1. The predicted octanol–water partition coefficient (Wildman–Crippen LogP) is 2.81. The Hall–Kier alpha value is -2.37. The van der Waals surface area contributed by atoms with E-state index in [9.17, 15) is 4.79 Å². The zero-order valence-electron chi connectivity index (χ0n) is 11.5. The Labute approximate surface area is 117 Å². The minimum Gasteiger partial charge on any atom is -0.493 e. The van der Waals surface area contributed by atoms with Crippen LogP contribution in [0.4, 0.5) is 5.82 Å². The normalized spacial score (nSPS) is 10.3. The second-order valence-electron chi connectivity index (χ2n) is 4.35. The van der Waals surface area contributed by atoms with Crippen LogP contribution in [0.2, 0.25) is 0 Å². The number of carbonyl (C=O) groups excluding carboxylic acids is 1. The molecule has 20 heavy (non-hydrogen) atoms. The van der Waals surface area contributed by atoms with Crippen LogP contribution in [0, 0.1) is 6.92 Å². The van der Waals surface area contributed by atoms with Gasteiger partial charge in [0.25, 0.3) is 5.91 Å². The van der Waals surface area contributed by atoms with Gasteiger partial charge in [-0.1, -0.05) is 30.6 Å². The Morgan fingerprint density at radius 1 is 1.35 bits per heavy atom. The molecule has 1 amide bonds. The van der Waals surface area contributed by atoms with Crippen molar-refractivity contribution in [2.75, 3.05) is 11.9 Å². The summed E-state index contributed by atoms with van der Waals surface area (Å²) in [6.07, 6.45) is 1.99. The highest BCUT2D eigenvalue weighted by molar-refractivity contribution is 6.05. The molecule has 2 rings (SSSR count). The molecule has 0 bridgehead atoms. The fourth-order valence-corrected chi connectivity index (χ4v) is 1.63. The standard InChI is InChI=1S/C14H17N3O3/c1-3-4-9-19-12-8-6-5-7-11(12)14(18)15-13-10(2)16-20-17-13/h5-8H,3-4,9H2,1-2H3,(H,15,17,18). The quantitative estimate of drug-likeness (QED) is 0.820. The third-order valence-electron chi connectivity index (χ3n) is 2.77. The van der Waals surface area contributed by atoms with Gasteiger partial charge in [-0.2, -0.15) is 0 Å². The number of hydrogen-bond acceptors (Lipinski definition) is 5. The van der Waals surface area contributed by atoms with E-state index in [4.69, 9.17) is 4.74 Å². The van der Waals surface area contributed by atoms with Gasteiger partial charge < -0.3 is 10.1 Å². The van der Waals surface area contributed by atoms with Crippen molar-refractivity contribution in [2.45, 2.75) is 26.7 Å². The van der Waals surface area contributed by atoms with Gasteiger partial charge in [-0.15, -0.1) is 0 Å². The average Bonchev–Trinajstić information content (AvgIpc) is 2.85. The molecule has 0 unspecified atom stereocenters. The smallest absolute Gasteiger partial charge is 0.260 e. The van der Waals surface area contributed by atoms with E-state index in [0.717, 1.165) is 12.8 Å². The van der Waals surface area contributed by atoms with Gasteiger partial charge in [-0.25, -0.2) is 4.63 Å². The summed E-state index contributed by atoms with van der Waals surface area (Å²) < 4.78 is 10.2. The van der Waals surface area contributed by atoms with E-state index in [0.29, 0.717) is 29.4 Å². The van der Waals surface area contributed by atoms with Crippen molar-refractivity contribution in [3.05, 3.63) is 35.5 Å². The molecule has 1 aromatic heterocycles. The van der Waals surface area contributed by atoms with Crippen LogP contribution < -0.4 is 10.1 Å². The molecule has 0 fully saturated rings. The van der Waals surface area contributed by atoms with Crippen molar-refractivity contribution in [3.8, 4) is 5.75 Å². The summed E-state index contributed by atoms with van der Waals surface area (Å²) >= 11 is 0. The predicted molar refractivity (Wildman–Crippen MR) is 73.8 cm³/mol. The second-order valence-corrected chi connectivity index (χ2v) is 4.35. The number of aryl methyl sites for hydroxylation is 1. The fraction of sp³-hybridized carbons (Fsp3) is 0.357. The lowest BCUT2D eigenvalue weighted by Gasteiger charge is -2.10. The number of anilines is 1. The van der Waals surface area contributed by atoms with Crippen LogP contribution in [-0.4, -0.2) is 22.8 Å². The summed E-state index contributed by atoms with van der Waals surface area (Å²) in [5.74, 6) is 0.585. The molecule has 1 heterocycles. The lowest BCUT2D eigenvalue weighted by atomic mass is 10.2. The van der Waals surface area contributed by atoms with Crippen molar-refractivity contribution >= 4 is 11.7 Å². The summed E-state index contributed by atoms with van der Waals surface area (Å²) in [7, 11) is 0. The van der Waals surface area contributed by atoms with Gasteiger partial charge in [0.2, 0.25) is 5.82 Å². The van der Waals surface area contributed by atoms with Gasteiger partial charge in [0.05, 0.1) is 12.2 Å². The van der Waals surface area contributed by atoms with Crippen LogP contribution in [0.5, 0.6) is 5.75 Å². The average molecular weight is 275 g/mol. The van der Waals surface area contributed by atoms with Crippen LogP contribution in [0.15, 0.2) is 28.9 Å². The Balaban J connectivity index is 2.11. The number of amides is 1. The topological polar surface area (TPSA) is 77.2 Å². The molecular weight excluding hydrogens is 258 g/mol. The van der Waals surface area contributed by atoms with Crippen LogP contribution >= 0.6 is 0 Å². The van der Waals surface area contributed by atoms with Gasteiger partial charge in [-0.05, 0) is 30.6 Å². The number of unbranched alkanes of at least 4 members (excludes halogenated alkanes) is 1. The Kier molecular flexibility index (Phi) is 4.70. The molecule has 1 aromatic carbocycles. The molecule has 0 saturated heterocycles. The van der Waals surface area contributed by atoms with Crippen molar-refractivity contribution in [1.82, 2.24) is 10.3 Å². The lowest BCUT2D eigenvalue weighted by Crippen LogP contribution is -2.14. The van der Waals surface area contributed by atoms with Gasteiger partial charge in [0, 0.05) is 0 Å². The zero-order valence-corrected chi connectivity index (χ0v) is 11.5. The highest BCUT2D eigenvalue weighted by Crippen LogP contribution is 2.20. The van der Waals surface area contributed by atoms with E-state index < -0.39 is 0 Å². The van der Waals surface area contributed by atoms with Crippen molar-refractivity contribution in [3.63, 3.8) is 0 Å². The van der Waals surface area contributed by atoms with Crippen LogP contribution in [-0.2, 0) is 0 Å². The first kappa shape index (κ1) is 14.0. The molecule has 0 saturated carbocycles. The minimum absolute atomic E-state index is 0.295. The van der Waals surface area contributed by atoms with E-state index in [2.05, 4.69) is 27.2 Å². The summed E-state index contributed by atoms with van der Waals surface area (Å²) in [6, 6.07) is 7.11. The number of nitrogens with zero attached hydrogens (tertiary/aromatic N) is 2. The summed E-state index contributed by atoms with van der Waals surface area (Å²) in [5.41, 5.74) is 0.994. The zero-order chi connectivity index (χ0) is 14.4. The maximum Gasteiger partial charge on any atom is 0.260 e. The van der Waals surface area contributed by atoms with Crippen LogP contribution in [0.1, 0.15) is 35.8 Å². The van der Waals surface area contributed by atoms with E-state index >= 15 is 0 Å². The first-order chi connectivity index (χ1) is 9.72. The molecule has 0 atom stereocenters. The van der Waals surface area contributed by atoms with E-state index in [1.165, 1.54) is 0 Å². The number of carbonyl (C=O) groups is 1. The van der Waals surface area contributed by atoms with E-state index in [1.807, 2.05) is 6.07 Å². The van der Waals surface area contributed by atoms with E-state index in [-0.39, 0.29) is 5.91 Å². The number of para-hydroxylation sites is 1. The fourth-order valence-electron chi connectivity index (χ4n) is 1.63. The maximum absolute atomic E-state index is 12.2.